The maximum atomic E-state index is 12.8. The highest BCUT2D eigenvalue weighted by molar-refractivity contribution is 7.99. The Labute approximate surface area is 293 Å². The van der Waals surface area contributed by atoms with E-state index in [1.54, 1.807) is 32.5 Å². The third kappa shape index (κ3) is 16.0. The van der Waals surface area contributed by atoms with Gasteiger partial charge < -0.3 is 29.4 Å². The van der Waals surface area contributed by atoms with Crippen LogP contribution in [0.3, 0.4) is 0 Å². The largest absolute Gasteiger partial charge is 0.464 e. The van der Waals surface area contributed by atoms with Crippen molar-refractivity contribution >= 4 is 44.0 Å². The molecule has 48 heavy (non-hydrogen) atoms. The van der Waals surface area contributed by atoms with E-state index in [2.05, 4.69) is 87.8 Å². The molecule has 2 N–H and O–H groups in total. The van der Waals surface area contributed by atoms with E-state index in [0.717, 1.165) is 30.8 Å². The number of nitrogens with zero attached hydrogens (tertiary/aromatic N) is 1. The maximum absolute atomic E-state index is 12.8. The van der Waals surface area contributed by atoms with E-state index in [-0.39, 0.29) is 42.8 Å². The molecule has 270 valence electrons. The molecule has 1 saturated heterocycles. The zero-order chi connectivity index (χ0) is 36.0. The van der Waals surface area contributed by atoms with Crippen molar-refractivity contribution in [2.45, 2.75) is 116 Å². The van der Waals surface area contributed by atoms with E-state index in [1.165, 1.54) is 11.1 Å². The molecule has 12 heteroatoms. The summed E-state index contributed by atoms with van der Waals surface area (Å²) in [7, 11) is -2.01. The van der Waals surface area contributed by atoms with E-state index >= 15 is 0 Å². The van der Waals surface area contributed by atoms with Crippen LogP contribution in [0, 0.1) is 6.92 Å². The van der Waals surface area contributed by atoms with E-state index in [9.17, 15) is 19.2 Å². The van der Waals surface area contributed by atoms with E-state index in [1.807, 2.05) is 4.90 Å². The lowest BCUT2D eigenvalue weighted by Gasteiger charge is -2.39. The van der Waals surface area contributed by atoms with Crippen molar-refractivity contribution in [1.29, 1.82) is 0 Å². The summed E-state index contributed by atoms with van der Waals surface area (Å²) >= 11 is 1.79. The summed E-state index contributed by atoms with van der Waals surface area (Å²) in [5.41, 5.74) is 1.83. The molecule has 1 fully saturated rings. The van der Waals surface area contributed by atoms with Crippen molar-refractivity contribution in [3.63, 3.8) is 0 Å². The second kappa shape index (κ2) is 19.4. The molecule has 0 bridgehead atoms. The van der Waals surface area contributed by atoms with Gasteiger partial charge in [-0.05, 0) is 76.4 Å². The molecule has 3 amide bonds. The molecule has 0 aromatic heterocycles. The minimum absolute atomic E-state index is 0.0499. The van der Waals surface area contributed by atoms with Crippen LogP contribution in [0.5, 0.6) is 0 Å². The molecule has 0 unspecified atom stereocenters. The van der Waals surface area contributed by atoms with Gasteiger partial charge in [-0.15, -0.1) is 0 Å². The number of unbranched alkanes of at least 4 members (excludes halogenated alkanes) is 1. The Bertz CT molecular complexity index is 1240. The second-order valence-corrected chi connectivity index (χ2v) is 20.8. The van der Waals surface area contributed by atoms with Crippen molar-refractivity contribution < 1.29 is 33.1 Å². The number of benzene rings is 1. The van der Waals surface area contributed by atoms with Crippen LogP contribution in [0.2, 0.25) is 18.1 Å². The number of amides is 3. The number of carbonyl (C=O) groups is 4. The number of alkyl carbamates (subject to hydrolysis) is 1. The number of nitrogens with one attached hydrogen (secondary N) is 2. The molecule has 1 aliphatic heterocycles. The fourth-order valence-electron chi connectivity index (χ4n) is 4.78. The number of carbonyl (C=O) groups excluding carboxylic acids is 4. The zero-order valence-electron chi connectivity index (χ0n) is 30.6. The molecule has 2 rings (SSSR count). The van der Waals surface area contributed by atoms with Gasteiger partial charge in [0, 0.05) is 25.1 Å². The molecular formula is C36H59N3O7SSi. The van der Waals surface area contributed by atoms with Gasteiger partial charge in [0.05, 0.1) is 18.8 Å². The van der Waals surface area contributed by atoms with Gasteiger partial charge in [0.25, 0.3) is 0 Å². The van der Waals surface area contributed by atoms with Gasteiger partial charge in [0.1, 0.15) is 18.7 Å². The molecule has 0 spiro atoms. The van der Waals surface area contributed by atoms with Crippen LogP contribution in [0.1, 0.15) is 78.4 Å². The monoisotopic (exact) mass is 705 g/mol. The predicted octanol–water partition coefficient (Wildman–Crippen LogP) is 6.17. The molecular weight excluding hydrogens is 647 g/mol. The number of hydrogen-bond acceptors (Lipinski definition) is 8. The fourth-order valence-corrected chi connectivity index (χ4v) is 6.99. The molecule has 1 aromatic rings. The van der Waals surface area contributed by atoms with Crippen LogP contribution >= 0.6 is 11.8 Å². The Morgan fingerprint density at radius 3 is 2.46 bits per heavy atom. The standard InChI is InChI=1S/C36H59N3O7SSi/c1-27-13-12-14-28(23-27)24-30(46-48(8,9)36(5,6)7)17-15-29-16-18-32(41)39(29)19-22-47-21-11-10-20-44-33(42)26-37-31(40)25-38-34(43)45-35(2,3)4/h12-15,17,23,29-30H,10-11,16,18-22,24-26H2,1-9H3,(H,37,40)(H,38,43)/t29-,30+/m0/s1. The first-order valence-electron chi connectivity index (χ1n) is 17.0. The molecule has 0 aliphatic carbocycles. The number of thioether (sulfide) groups is 1. The first kappa shape index (κ1) is 41.3. The number of ether oxygens (including phenoxy) is 2. The Morgan fingerprint density at radius 1 is 1.06 bits per heavy atom. The Morgan fingerprint density at radius 2 is 1.79 bits per heavy atom. The third-order valence-corrected chi connectivity index (χ3v) is 13.9. The zero-order valence-corrected chi connectivity index (χ0v) is 32.4. The number of likely N-dealkylation sites (tertiary alicyclic amines) is 1. The number of hydrogen-bond donors (Lipinski definition) is 2. The van der Waals surface area contributed by atoms with Crippen molar-refractivity contribution in [2.75, 3.05) is 37.7 Å². The first-order valence-corrected chi connectivity index (χ1v) is 21.1. The lowest BCUT2D eigenvalue weighted by atomic mass is 10.0. The van der Waals surface area contributed by atoms with Gasteiger partial charge in [-0.3, -0.25) is 14.4 Å². The average Bonchev–Trinajstić information content (AvgIpc) is 3.32. The summed E-state index contributed by atoms with van der Waals surface area (Å²) in [6, 6.07) is 8.67. The molecule has 1 aliphatic rings. The first-order chi connectivity index (χ1) is 22.4. The average molecular weight is 706 g/mol. The van der Waals surface area contributed by atoms with Gasteiger partial charge in [0.15, 0.2) is 8.32 Å². The van der Waals surface area contributed by atoms with Crippen LogP contribution in [0.25, 0.3) is 0 Å². The van der Waals surface area contributed by atoms with Crippen molar-refractivity contribution in [2.24, 2.45) is 0 Å². The molecule has 0 radical (unpaired) electrons. The second-order valence-electron chi connectivity index (χ2n) is 14.9. The summed E-state index contributed by atoms with van der Waals surface area (Å²) in [4.78, 5) is 50.1. The lowest BCUT2D eigenvalue weighted by Crippen LogP contribution is -2.44. The SMILES string of the molecule is Cc1cccc(C[C@@H](C=C[C@H]2CCC(=O)N2CCSCCCCOC(=O)CNC(=O)CNC(=O)OC(C)(C)C)O[Si](C)(C)C(C)(C)C)c1. The molecule has 1 heterocycles. The van der Waals surface area contributed by atoms with Gasteiger partial charge >= 0.3 is 12.1 Å². The summed E-state index contributed by atoms with van der Waals surface area (Å²) in [5.74, 6) is 0.893. The van der Waals surface area contributed by atoms with Crippen LogP contribution in [0.15, 0.2) is 36.4 Å². The Hall–Kier alpha value is -2.83. The van der Waals surface area contributed by atoms with Gasteiger partial charge in [-0.1, -0.05) is 62.8 Å². The molecule has 10 nitrogen and oxygen atoms in total. The summed E-state index contributed by atoms with van der Waals surface area (Å²) < 4.78 is 17.1. The van der Waals surface area contributed by atoms with E-state index < -0.39 is 31.9 Å². The minimum Gasteiger partial charge on any atom is -0.464 e. The third-order valence-electron chi connectivity index (χ3n) is 8.34. The highest BCUT2D eigenvalue weighted by atomic mass is 32.2. The van der Waals surface area contributed by atoms with E-state index in [4.69, 9.17) is 13.9 Å². The fraction of sp³-hybridized carbons (Fsp3) is 0.667. The van der Waals surface area contributed by atoms with Crippen LogP contribution in [0.4, 0.5) is 4.79 Å². The summed E-state index contributed by atoms with van der Waals surface area (Å²) in [6.07, 6.45) is 7.40. The highest BCUT2D eigenvalue weighted by Crippen LogP contribution is 2.38. The van der Waals surface area contributed by atoms with Crippen molar-refractivity contribution in [3.05, 3.63) is 47.5 Å². The van der Waals surface area contributed by atoms with Crippen LogP contribution < -0.4 is 10.6 Å². The maximum Gasteiger partial charge on any atom is 0.408 e. The molecule has 2 atom stereocenters. The quantitative estimate of drug-likeness (QED) is 0.0805. The minimum atomic E-state index is -2.01. The Balaban J connectivity index is 1.71. The highest BCUT2D eigenvalue weighted by Gasteiger charge is 2.39. The van der Waals surface area contributed by atoms with Gasteiger partial charge in [0.2, 0.25) is 11.8 Å². The molecule has 1 aromatic carbocycles. The van der Waals surface area contributed by atoms with Crippen LogP contribution in [-0.4, -0.2) is 92.6 Å². The normalized spacial score (nSPS) is 16.2. The number of rotatable bonds is 18. The number of aryl methyl sites for hydroxylation is 1. The smallest absolute Gasteiger partial charge is 0.408 e. The van der Waals surface area contributed by atoms with Crippen molar-refractivity contribution in [3.8, 4) is 0 Å². The summed E-state index contributed by atoms with van der Waals surface area (Å²) in [6.45, 7) is 19.0. The van der Waals surface area contributed by atoms with E-state index in [0.29, 0.717) is 19.4 Å². The predicted molar refractivity (Wildman–Crippen MR) is 196 cm³/mol. The number of esters is 1. The Kier molecular flexibility index (Phi) is 16.7. The van der Waals surface area contributed by atoms with Crippen molar-refractivity contribution in [1.82, 2.24) is 15.5 Å². The van der Waals surface area contributed by atoms with Gasteiger partial charge in [-0.2, -0.15) is 11.8 Å². The lowest BCUT2D eigenvalue weighted by molar-refractivity contribution is -0.144. The van der Waals surface area contributed by atoms with Crippen LogP contribution in [-0.2, 0) is 34.7 Å². The topological polar surface area (TPSA) is 123 Å². The molecule has 0 saturated carbocycles. The van der Waals surface area contributed by atoms with Gasteiger partial charge in [-0.25, -0.2) is 4.79 Å². The summed E-state index contributed by atoms with van der Waals surface area (Å²) in [5, 5.41) is 4.85.